The SMILES string of the molecule is COc1cc([N+](=O)[O-])c(S(=O)(=O)O)cc1-c1nnn(C(=O)Nc2ccccc2)n1.O. The van der Waals surface area contributed by atoms with Crippen molar-refractivity contribution in [3.05, 3.63) is 52.6 Å². The van der Waals surface area contributed by atoms with Gasteiger partial charge in [-0.2, -0.15) is 8.42 Å². The number of hydrogen-bond acceptors (Lipinski definition) is 9. The van der Waals surface area contributed by atoms with Gasteiger partial charge < -0.3 is 15.5 Å². The molecule has 1 heterocycles. The molecule has 0 saturated carbocycles. The number of nitro benzene ring substituents is 1. The summed E-state index contributed by atoms with van der Waals surface area (Å²) in [4.78, 5) is 22.0. The van der Waals surface area contributed by atoms with Gasteiger partial charge in [-0.1, -0.05) is 23.0 Å². The van der Waals surface area contributed by atoms with E-state index >= 15 is 0 Å². The molecule has 14 nitrogen and oxygen atoms in total. The molecular weight excluding hydrogens is 424 g/mol. The van der Waals surface area contributed by atoms with Crippen molar-refractivity contribution in [2.45, 2.75) is 4.90 Å². The van der Waals surface area contributed by atoms with Gasteiger partial charge in [0.05, 0.1) is 23.7 Å². The van der Waals surface area contributed by atoms with Crippen molar-refractivity contribution in [3.63, 3.8) is 0 Å². The van der Waals surface area contributed by atoms with Crippen molar-refractivity contribution in [1.29, 1.82) is 0 Å². The summed E-state index contributed by atoms with van der Waals surface area (Å²) in [7, 11) is -3.76. The molecule has 158 valence electrons. The van der Waals surface area contributed by atoms with Gasteiger partial charge in [0.2, 0.25) is 5.82 Å². The van der Waals surface area contributed by atoms with Gasteiger partial charge in [0, 0.05) is 5.69 Å². The first-order valence-corrected chi connectivity index (χ1v) is 9.15. The minimum atomic E-state index is -4.94. The van der Waals surface area contributed by atoms with Crippen molar-refractivity contribution >= 4 is 27.5 Å². The van der Waals surface area contributed by atoms with Gasteiger partial charge >= 0.3 is 16.1 Å². The van der Waals surface area contributed by atoms with Crippen molar-refractivity contribution in [3.8, 4) is 17.1 Å². The molecule has 0 aliphatic rings. The summed E-state index contributed by atoms with van der Waals surface area (Å²) >= 11 is 0. The van der Waals surface area contributed by atoms with Gasteiger partial charge in [-0.25, -0.2) is 4.79 Å². The lowest BCUT2D eigenvalue weighted by molar-refractivity contribution is -0.387. The molecule has 0 fully saturated rings. The molecule has 0 spiro atoms. The van der Waals surface area contributed by atoms with E-state index in [1.807, 2.05) is 0 Å². The summed E-state index contributed by atoms with van der Waals surface area (Å²) in [6, 6.07) is 9.23. The molecule has 30 heavy (non-hydrogen) atoms. The number of nitrogens with one attached hydrogen (secondary N) is 1. The number of methoxy groups -OCH3 is 1. The van der Waals surface area contributed by atoms with Crippen LogP contribution in [0.2, 0.25) is 0 Å². The van der Waals surface area contributed by atoms with Gasteiger partial charge in [0.1, 0.15) is 5.75 Å². The molecule has 3 rings (SSSR count). The van der Waals surface area contributed by atoms with Gasteiger partial charge in [0.25, 0.3) is 5.69 Å². The van der Waals surface area contributed by atoms with Crippen LogP contribution in [0.25, 0.3) is 11.4 Å². The Bertz CT molecular complexity index is 1200. The van der Waals surface area contributed by atoms with E-state index in [2.05, 4.69) is 20.7 Å². The van der Waals surface area contributed by atoms with E-state index in [4.69, 9.17) is 4.74 Å². The van der Waals surface area contributed by atoms with Crippen molar-refractivity contribution in [2.24, 2.45) is 0 Å². The first-order valence-electron chi connectivity index (χ1n) is 7.71. The molecule has 1 aromatic heterocycles. The van der Waals surface area contributed by atoms with E-state index in [0.717, 1.165) is 12.1 Å². The molecule has 15 heteroatoms. The highest BCUT2D eigenvalue weighted by atomic mass is 32.2. The minimum Gasteiger partial charge on any atom is -0.496 e. The highest BCUT2D eigenvalue weighted by Crippen LogP contribution is 2.36. The Morgan fingerprint density at radius 2 is 1.93 bits per heavy atom. The Labute approximate surface area is 168 Å². The Morgan fingerprint density at radius 3 is 2.50 bits per heavy atom. The number of hydrogen-bond donors (Lipinski definition) is 2. The predicted octanol–water partition coefficient (Wildman–Crippen LogP) is 0.759. The summed E-state index contributed by atoms with van der Waals surface area (Å²) in [6.45, 7) is 0. The van der Waals surface area contributed by atoms with Crippen LogP contribution in [0, 0.1) is 10.1 Å². The highest BCUT2D eigenvalue weighted by Gasteiger charge is 2.29. The monoisotopic (exact) mass is 438 g/mol. The van der Waals surface area contributed by atoms with Crippen molar-refractivity contribution in [2.75, 3.05) is 12.4 Å². The van der Waals surface area contributed by atoms with E-state index in [1.165, 1.54) is 7.11 Å². The number of carbonyl (C=O) groups is 1. The van der Waals surface area contributed by atoms with Crippen molar-refractivity contribution in [1.82, 2.24) is 20.2 Å². The Kier molecular flexibility index (Phi) is 6.40. The van der Waals surface area contributed by atoms with Crippen LogP contribution in [0.1, 0.15) is 0 Å². The minimum absolute atomic E-state index is 0. The number of carbonyl (C=O) groups excluding carboxylic acids is 1. The average Bonchev–Trinajstić information content (AvgIpc) is 3.17. The summed E-state index contributed by atoms with van der Waals surface area (Å²) in [5, 5.41) is 24.7. The van der Waals surface area contributed by atoms with E-state index in [1.54, 1.807) is 30.3 Å². The first kappa shape index (κ1) is 22.3. The first-order chi connectivity index (χ1) is 13.7. The number of nitrogens with zero attached hydrogens (tertiary/aromatic N) is 5. The van der Waals surface area contributed by atoms with Gasteiger partial charge in [-0.05, 0) is 23.4 Å². The molecule has 0 atom stereocenters. The normalized spacial score (nSPS) is 10.7. The molecule has 0 saturated heterocycles. The van der Waals surface area contributed by atoms with Gasteiger partial charge in [0.15, 0.2) is 4.90 Å². The Hall–Kier alpha value is -3.95. The average molecular weight is 438 g/mol. The number of para-hydroxylation sites is 1. The number of amides is 1. The number of ether oxygens (including phenoxy) is 1. The molecule has 0 aliphatic carbocycles. The third kappa shape index (κ3) is 4.54. The van der Waals surface area contributed by atoms with E-state index < -0.39 is 31.7 Å². The molecule has 2 aromatic carbocycles. The van der Waals surface area contributed by atoms with Crippen LogP contribution < -0.4 is 10.1 Å². The lowest BCUT2D eigenvalue weighted by atomic mass is 10.1. The maximum absolute atomic E-state index is 12.2. The molecule has 0 aliphatic heterocycles. The van der Waals surface area contributed by atoms with E-state index in [0.29, 0.717) is 10.5 Å². The molecule has 0 radical (unpaired) electrons. The predicted molar refractivity (Wildman–Crippen MR) is 101 cm³/mol. The summed E-state index contributed by atoms with van der Waals surface area (Å²) < 4.78 is 37.4. The number of anilines is 1. The molecule has 3 aromatic rings. The summed E-state index contributed by atoms with van der Waals surface area (Å²) in [5.74, 6) is -0.419. The third-order valence-electron chi connectivity index (χ3n) is 3.62. The number of tetrazole rings is 1. The zero-order chi connectivity index (χ0) is 21.2. The summed E-state index contributed by atoms with van der Waals surface area (Å²) in [5.41, 5.74) is -0.565. The maximum atomic E-state index is 12.2. The largest absolute Gasteiger partial charge is 0.496 e. The van der Waals surface area contributed by atoms with Crippen LogP contribution in [0.5, 0.6) is 5.75 Å². The zero-order valence-electron chi connectivity index (χ0n) is 15.1. The van der Waals surface area contributed by atoms with E-state index in [9.17, 15) is 27.9 Å². The third-order valence-corrected chi connectivity index (χ3v) is 4.50. The molecule has 1 amide bonds. The highest BCUT2D eigenvalue weighted by molar-refractivity contribution is 7.86. The number of nitro groups is 1. The lowest BCUT2D eigenvalue weighted by Crippen LogP contribution is -2.22. The fourth-order valence-electron chi connectivity index (χ4n) is 2.35. The lowest BCUT2D eigenvalue weighted by Gasteiger charge is -2.07. The molecule has 0 bridgehead atoms. The van der Waals surface area contributed by atoms with Crippen molar-refractivity contribution < 1.29 is 32.9 Å². The second-order valence-electron chi connectivity index (χ2n) is 5.45. The second-order valence-corrected chi connectivity index (χ2v) is 6.84. The van der Waals surface area contributed by atoms with Crippen LogP contribution >= 0.6 is 0 Å². The zero-order valence-corrected chi connectivity index (χ0v) is 15.9. The van der Waals surface area contributed by atoms with Crippen LogP contribution in [0.4, 0.5) is 16.2 Å². The van der Waals surface area contributed by atoms with Crippen LogP contribution in [-0.4, -0.2) is 56.7 Å². The number of benzene rings is 2. The Balaban J connectivity index is 0.00000320. The van der Waals surface area contributed by atoms with Gasteiger partial charge in [-0.3, -0.25) is 14.7 Å². The molecule has 0 unspecified atom stereocenters. The van der Waals surface area contributed by atoms with E-state index in [-0.39, 0.29) is 22.6 Å². The number of aromatic nitrogens is 4. The second kappa shape index (κ2) is 8.60. The fourth-order valence-corrected chi connectivity index (χ4v) is 3.01. The smallest absolute Gasteiger partial charge is 0.365 e. The van der Waals surface area contributed by atoms with Gasteiger partial charge in [-0.15, -0.1) is 10.2 Å². The number of rotatable bonds is 5. The van der Waals surface area contributed by atoms with Crippen LogP contribution in [-0.2, 0) is 10.1 Å². The van der Waals surface area contributed by atoms with Crippen LogP contribution in [0.15, 0.2) is 47.4 Å². The molecule has 4 N–H and O–H groups in total. The summed E-state index contributed by atoms with van der Waals surface area (Å²) in [6.07, 6.45) is 0. The molecular formula is C15H14N6O8S. The maximum Gasteiger partial charge on any atom is 0.365 e. The van der Waals surface area contributed by atoms with Crippen LogP contribution in [0.3, 0.4) is 0 Å². The Morgan fingerprint density at radius 1 is 1.27 bits per heavy atom. The topological polar surface area (TPSA) is 211 Å². The quantitative estimate of drug-likeness (QED) is 0.324. The fraction of sp³-hybridized carbons (Fsp3) is 0.0667. The standard InChI is InChI=1S/C15H12N6O7S.H2O/c1-28-12-8-11(21(23)24)13(29(25,26)27)7-10(12)14-17-19-20(18-14)15(22)16-9-5-3-2-4-6-9;/h2-8H,1H3,(H,16,22)(H,25,26,27);1H2.